The average Bonchev–Trinajstić information content (AvgIpc) is 2.67. The van der Waals surface area contributed by atoms with Gasteiger partial charge in [-0.2, -0.15) is 0 Å². The molecule has 2 rings (SSSR count). The fourth-order valence-corrected chi connectivity index (χ4v) is 2.18. The van der Waals surface area contributed by atoms with Crippen LogP contribution in [0.15, 0.2) is 60.2 Å². The monoisotopic (exact) mass is 368 g/mol. The van der Waals surface area contributed by atoms with Crippen LogP contribution in [0.1, 0.15) is 17.3 Å². The highest BCUT2D eigenvalue weighted by molar-refractivity contribution is 6.10. The lowest BCUT2D eigenvalue weighted by Gasteiger charge is -2.07. The van der Waals surface area contributed by atoms with Crippen molar-refractivity contribution in [2.45, 2.75) is 6.92 Å². The Morgan fingerprint density at radius 2 is 1.63 bits per heavy atom. The summed E-state index contributed by atoms with van der Waals surface area (Å²) >= 11 is 0. The van der Waals surface area contributed by atoms with E-state index in [9.17, 15) is 14.4 Å². The summed E-state index contributed by atoms with van der Waals surface area (Å²) < 4.78 is 9.71. The molecule has 140 valence electrons. The van der Waals surface area contributed by atoms with Gasteiger partial charge in [0.15, 0.2) is 0 Å². The number of carbonyl (C=O) groups excluding carboxylic acids is 3. The third-order valence-electron chi connectivity index (χ3n) is 3.61. The van der Waals surface area contributed by atoms with Crippen molar-refractivity contribution in [3.05, 3.63) is 65.7 Å². The van der Waals surface area contributed by atoms with E-state index in [1.165, 1.54) is 39.4 Å². The van der Waals surface area contributed by atoms with Crippen molar-refractivity contribution in [3.8, 4) is 5.75 Å². The average molecular weight is 368 g/mol. The first kappa shape index (κ1) is 19.7. The van der Waals surface area contributed by atoms with E-state index < -0.39 is 17.8 Å². The number of ether oxygens (including phenoxy) is 2. The van der Waals surface area contributed by atoms with Crippen molar-refractivity contribution in [2.24, 2.45) is 0 Å². The van der Waals surface area contributed by atoms with Crippen molar-refractivity contribution in [1.29, 1.82) is 0 Å². The Labute approximate surface area is 157 Å². The lowest BCUT2D eigenvalue weighted by Crippen LogP contribution is -2.16. The zero-order chi connectivity index (χ0) is 19.8. The number of amides is 2. The maximum absolute atomic E-state index is 12.2. The Kier molecular flexibility index (Phi) is 6.71. The molecule has 0 radical (unpaired) electrons. The Hall–Kier alpha value is -3.61. The highest BCUT2D eigenvalue weighted by atomic mass is 16.5. The second-order valence-corrected chi connectivity index (χ2v) is 5.57. The summed E-state index contributed by atoms with van der Waals surface area (Å²) in [4.78, 5) is 35.7. The fourth-order valence-electron chi connectivity index (χ4n) is 2.18. The molecule has 27 heavy (non-hydrogen) atoms. The summed E-state index contributed by atoms with van der Waals surface area (Å²) in [5.41, 5.74) is 1.66. The van der Waals surface area contributed by atoms with Gasteiger partial charge in [-0.1, -0.05) is 6.07 Å². The van der Waals surface area contributed by atoms with E-state index in [0.717, 1.165) is 0 Å². The molecule has 2 aromatic rings. The van der Waals surface area contributed by atoms with Crippen molar-refractivity contribution in [2.75, 3.05) is 24.9 Å². The zero-order valence-electron chi connectivity index (χ0n) is 15.2. The molecule has 2 N–H and O–H groups in total. The number of hydrogen-bond acceptors (Lipinski definition) is 5. The second kappa shape index (κ2) is 9.19. The molecule has 0 aliphatic rings. The maximum Gasteiger partial charge on any atom is 0.337 e. The quantitative estimate of drug-likeness (QED) is 0.604. The van der Waals surface area contributed by atoms with E-state index in [1.807, 2.05) is 0 Å². The number of carbonyl (C=O) groups is 3. The molecular weight excluding hydrogens is 348 g/mol. The number of methoxy groups -OCH3 is 2. The molecule has 0 aliphatic carbocycles. The summed E-state index contributed by atoms with van der Waals surface area (Å²) in [6.07, 6.45) is 1.21. The Morgan fingerprint density at radius 1 is 0.926 bits per heavy atom. The van der Waals surface area contributed by atoms with Crippen LogP contribution in [0.4, 0.5) is 11.4 Å². The molecule has 0 saturated heterocycles. The number of hydrogen-bond donors (Lipinski definition) is 2. The molecule has 2 aromatic carbocycles. The first-order chi connectivity index (χ1) is 12.9. The zero-order valence-corrected chi connectivity index (χ0v) is 15.2. The van der Waals surface area contributed by atoms with Crippen LogP contribution in [-0.4, -0.2) is 32.0 Å². The van der Waals surface area contributed by atoms with Gasteiger partial charge in [0.1, 0.15) is 5.75 Å². The van der Waals surface area contributed by atoms with E-state index >= 15 is 0 Å². The molecular formula is C20H20N2O5. The predicted octanol–water partition coefficient (Wildman–Crippen LogP) is 3.01. The minimum absolute atomic E-state index is 0.229. The van der Waals surface area contributed by atoms with Gasteiger partial charge >= 0.3 is 5.97 Å². The molecule has 7 nitrogen and oxygen atoms in total. The van der Waals surface area contributed by atoms with Crippen LogP contribution in [-0.2, 0) is 14.3 Å². The standard InChI is InChI=1S/C20H20N2O5/c1-13(11-18(23)21-16-5-4-6-17(12-16)26-2)19(24)22-15-9-7-14(8-10-15)20(25)27-3/h4-12H,1-3H3,(H,21,23)(H,22,24)/b13-11+. The van der Waals surface area contributed by atoms with Crippen LogP contribution in [0, 0.1) is 0 Å². The van der Waals surface area contributed by atoms with E-state index in [0.29, 0.717) is 22.7 Å². The molecule has 2 amide bonds. The van der Waals surface area contributed by atoms with Gasteiger partial charge in [-0.3, -0.25) is 9.59 Å². The molecule has 7 heteroatoms. The molecule has 0 unspecified atom stereocenters. The van der Waals surface area contributed by atoms with Crippen LogP contribution < -0.4 is 15.4 Å². The minimum atomic E-state index is -0.460. The third-order valence-corrected chi connectivity index (χ3v) is 3.61. The summed E-state index contributed by atoms with van der Waals surface area (Å²) in [5.74, 6) is -0.710. The molecule has 0 aromatic heterocycles. The van der Waals surface area contributed by atoms with E-state index in [4.69, 9.17) is 4.74 Å². The van der Waals surface area contributed by atoms with Gasteiger partial charge < -0.3 is 20.1 Å². The Bertz CT molecular complexity index is 872. The maximum atomic E-state index is 12.2. The lowest BCUT2D eigenvalue weighted by molar-refractivity contribution is -0.114. The van der Waals surface area contributed by atoms with E-state index in [-0.39, 0.29) is 5.57 Å². The smallest absolute Gasteiger partial charge is 0.337 e. The van der Waals surface area contributed by atoms with Crippen LogP contribution in [0.2, 0.25) is 0 Å². The Balaban J connectivity index is 1.98. The molecule has 0 aliphatic heterocycles. The van der Waals surface area contributed by atoms with Crippen LogP contribution in [0.25, 0.3) is 0 Å². The van der Waals surface area contributed by atoms with Gasteiger partial charge in [0.25, 0.3) is 5.91 Å². The molecule has 0 fully saturated rings. The van der Waals surface area contributed by atoms with Gasteiger partial charge in [0, 0.05) is 29.1 Å². The number of rotatable bonds is 6. The molecule has 0 heterocycles. The summed E-state index contributed by atoms with van der Waals surface area (Å²) in [6, 6.07) is 13.1. The molecule has 0 bridgehead atoms. The minimum Gasteiger partial charge on any atom is -0.497 e. The predicted molar refractivity (Wildman–Crippen MR) is 102 cm³/mol. The van der Waals surface area contributed by atoms with Gasteiger partial charge in [-0.15, -0.1) is 0 Å². The summed E-state index contributed by atoms with van der Waals surface area (Å²) in [5, 5.41) is 5.32. The van der Waals surface area contributed by atoms with Gasteiger partial charge in [-0.25, -0.2) is 4.79 Å². The van der Waals surface area contributed by atoms with Crippen molar-refractivity contribution in [3.63, 3.8) is 0 Å². The second-order valence-electron chi connectivity index (χ2n) is 5.57. The van der Waals surface area contributed by atoms with E-state index in [1.54, 1.807) is 36.4 Å². The van der Waals surface area contributed by atoms with Gasteiger partial charge in [-0.05, 0) is 43.3 Å². The number of esters is 1. The molecule has 0 saturated carbocycles. The normalized spacial score (nSPS) is 10.7. The summed E-state index contributed by atoms with van der Waals surface area (Å²) in [6.45, 7) is 1.53. The van der Waals surface area contributed by atoms with Crippen LogP contribution >= 0.6 is 0 Å². The van der Waals surface area contributed by atoms with Crippen LogP contribution in [0.5, 0.6) is 5.75 Å². The van der Waals surface area contributed by atoms with Crippen molar-refractivity contribution >= 4 is 29.2 Å². The van der Waals surface area contributed by atoms with Crippen molar-refractivity contribution < 1.29 is 23.9 Å². The topological polar surface area (TPSA) is 93.7 Å². The molecule has 0 spiro atoms. The first-order valence-electron chi connectivity index (χ1n) is 8.06. The number of nitrogens with one attached hydrogen (secondary N) is 2. The number of benzene rings is 2. The fraction of sp³-hybridized carbons (Fsp3) is 0.150. The van der Waals surface area contributed by atoms with Gasteiger partial charge in [0.2, 0.25) is 5.91 Å². The Morgan fingerprint density at radius 3 is 2.26 bits per heavy atom. The van der Waals surface area contributed by atoms with Crippen LogP contribution in [0.3, 0.4) is 0 Å². The van der Waals surface area contributed by atoms with Crippen molar-refractivity contribution in [1.82, 2.24) is 0 Å². The number of anilines is 2. The SMILES string of the molecule is COC(=O)c1ccc(NC(=O)/C(C)=C/C(=O)Nc2cccc(OC)c2)cc1. The largest absolute Gasteiger partial charge is 0.497 e. The highest BCUT2D eigenvalue weighted by Gasteiger charge is 2.09. The first-order valence-corrected chi connectivity index (χ1v) is 8.06. The lowest BCUT2D eigenvalue weighted by atomic mass is 10.2. The third kappa shape index (κ3) is 5.71. The van der Waals surface area contributed by atoms with Gasteiger partial charge in [0.05, 0.1) is 19.8 Å². The highest BCUT2D eigenvalue weighted by Crippen LogP contribution is 2.17. The van der Waals surface area contributed by atoms with E-state index in [2.05, 4.69) is 15.4 Å². The summed E-state index contributed by atoms with van der Waals surface area (Å²) in [7, 11) is 2.83. The molecule has 0 atom stereocenters.